The van der Waals surface area contributed by atoms with Crippen molar-refractivity contribution in [3.63, 3.8) is 0 Å². The average molecular weight is 207 g/mol. The van der Waals surface area contributed by atoms with E-state index in [1.165, 1.54) is 5.57 Å². The summed E-state index contributed by atoms with van der Waals surface area (Å²) in [6, 6.07) is 0. The fourth-order valence-corrected chi connectivity index (χ4v) is 1.58. The van der Waals surface area contributed by atoms with Crippen LogP contribution in [0.2, 0.25) is 0 Å². The Bertz CT molecular complexity index is 373. The maximum absolute atomic E-state index is 5.91. The van der Waals surface area contributed by atoms with E-state index in [0.717, 1.165) is 18.5 Å². The van der Waals surface area contributed by atoms with E-state index in [9.17, 15) is 0 Å². The molecule has 14 heavy (non-hydrogen) atoms. The summed E-state index contributed by atoms with van der Waals surface area (Å²) < 4.78 is 0. The summed E-state index contributed by atoms with van der Waals surface area (Å²) in [5, 5.41) is 3.74. The molecule has 2 nitrogen and oxygen atoms in total. The molecule has 1 aliphatic heterocycles. The van der Waals surface area contributed by atoms with Crippen LogP contribution >= 0.6 is 11.6 Å². The number of hydrogen-bond acceptors (Lipinski definition) is 2. The van der Waals surface area contributed by atoms with Gasteiger partial charge in [0.15, 0.2) is 0 Å². The van der Waals surface area contributed by atoms with Gasteiger partial charge in [0.25, 0.3) is 0 Å². The highest BCUT2D eigenvalue weighted by Crippen LogP contribution is 2.19. The van der Waals surface area contributed by atoms with Crippen molar-refractivity contribution in [2.24, 2.45) is 4.99 Å². The van der Waals surface area contributed by atoms with Gasteiger partial charge in [0.2, 0.25) is 0 Å². The van der Waals surface area contributed by atoms with Crippen LogP contribution in [-0.2, 0) is 0 Å². The quantitative estimate of drug-likeness (QED) is 0.701. The number of nitrogens with one attached hydrogen (secondary N) is 1. The number of halogens is 1. The molecule has 0 saturated carbocycles. The van der Waals surface area contributed by atoms with Gasteiger partial charge in [-0.3, -0.25) is 0 Å². The van der Waals surface area contributed by atoms with E-state index in [-0.39, 0.29) is 0 Å². The predicted octanol–water partition coefficient (Wildman–Crippen LogP) is 2.86. The van der Waals surface area contributed by atoms with E-state index < -0.39 is 0 Å². The molecule has 2 aliphatic rings. The van der Waals surface area contributed by atoms with Gasteiger partial charge in [-0.25, -0.2) is 4.99 Å². The Kier molecular flexibility index (Phi) is 2.84. The lowest BCUT2D eigenvalue weighted by atomic mass is 10.0. The van der Waals surface area contributed by atoms with Gasteiger partial charge in [-0.2, -0.15) is 0 Å². The van der Waals surface area contributed by atoms with Gasteiger partial charge >= 0.3 is 0 Å². The minimum absolute atomic E-state index is 0.640. The van der Waals surface area contributed by atoms with Crippen molar-refractivity contribution in [1.82, 2.24) is 5.32 Å². The second kappa shape index (κ2) is 4.29. The third-order valence-electron chi connectivity index (χ3n) is 2.08. The summed E-state index contributed by atoms with van der Waals surface area (Å²) in [6.07, 6.45) is 13.8. The second-order valence-electron chi connectivity index (χ2n) is 3.13. The first kappa shape index (κ1) is 9.28. The highest BCUT2D eigenvalue weighted by Gasteiger charge is 2.05. The van der Waals surface area contributed by atoms with E-state index in [1.54, 1.807) is 12.5 Å². The molecule has 0 aromatic carbocycles. The van der Waals surface area contributed by atoms with Crippen LogP contribution in [0, 0.1) is 0 Å². The molecule has 0 spiro atoms. The van der Waals surface area contributed by atoms with Crippen LogP contribution in [0.3, 0.4) is 0 Å². The van der Waals surface area contributed by atoms with Crippen LogP contribution in [0.5, 0.6) is 0 Å². The Hall–Kier alpha value is -1.28. The second-order valence-corrected chi connectivity index (χ2v) is 3.57. The van der Waals surface area contributed by atoms with Crippen molar-refractivity contribution in [3.8, 4) is 0 Å². The molecule has 0 saturated heterocycles. The smallest absolute Gasteiger partial charge is 0.0923 e. The third-order valence-corrected chi connectivity index (χ3v) is 2.29. The molecule has 0 amide bonds. The number of rotatable bonds is 1. The standard InChI is InChI=1S/C11H11ClN2/c12-10-6-11(14-8-13-7-10)9-4-2-1-3-5-9/h2,4-8H,1,3H2,(H,13,14). The molecule has 0 aromatic heterocycles. The molecule has 0 bridgehead atoms. The summed E-state index contributed by atoms with van der Waals surface area (Å²) in [6.45, 7) is 0. The molecule has 0 atom stereocenters. The molecular formula is C11H11ClN2. The average Bonchev–Trinajstić information content (AvgIpc) is 2.44. The van der Waals surface area contributed by atoms with Crippen LogP contribution in [-0.4, -0.2) is 6.34 Å². The SMILES string of the molecule is ClC1=CN=CNC(C2=CCCC=C2)=C1. The Labute approximate surface area is 88.4 Å². The van der Waals surface area contributed by atoms with Gasteiger partial charge in [0.1, 0.15) is 0 Å². The van der Waals surface area contributed by atoms with E-state index in [2.05, 4.69) is 28.5 Å². The van der Waals surface area contributed by atoms with Crippen molar-refractivity contribution in [2.75, 3.05) is 0 Å². The van der Waals surface area contributed by atoms with E-state index in [0.29, 0.717) is 5.03 Å². The largest absolute Gasteiger partial charge is 0.346 e. The third kappa shape index (κ3) is 2.15. The molecular weight excluding hydrogens is 196 g/mol. The monoisotopic (exact) mass is 206 g/mol. The van der Waals surface area contributed by atoms with Gasteiger partial charge in [0, 0.05) is 11.9 Å². The Morgan fingerprint density at radius 3 is 3.07 bits per heavy atom. The molecule has 3 heteroatoms. The van der Waals surface area contributed by atoms with Crippen molar-refractivity contribution in [1.29, 1.82) is 0 Å². The maximum atomic E-state index is 5.91. The first-order valence-corrected chi connectivity index (χ1v) is 4.97. The minimum atomic E-state index is 0.640. The zero-order valence-corrected chi connectivity index (χ0v) is 8.46. The van der Waals surface area contributed by atoms with Gasteiger partial charge in [0.05, 0.1) is 11.4 Å². The highest BCUT2D eigenvalue weighted by molar-refractivity contribution is 6.31. The zero-order chi connectivity index (χ0) is 9.80. The molecule has 0 aromatic rings. The molecule has 1 N–H and O–H groups in total. The molecule has 2 rings (SSSR count). The molecule has 1 aliphatic carbocycles. The van der Waals surface area contributed by atoms with Crippen LogP contribution in [0.25, 0.3) is 0 Å². The lowest BCUT2D eigenvalue weighted by Crippen LogP contribution is -2.11. The predicted molar refractivity (Wildman–Crippen MR) is 60.1 cm³/mol. The van der Waals surface area contributed by atoms with Crippen molar-refractivity contribution < 1.29 is 0 Å². The maximum Gasteiger partial charge on any atom is 0.0923 e. The van der Waals surface area contributed by atoms with Gasteiger partial charge in [-0.1, -0.05) is 29.8 Å². The van der Waals surface area contributed by atoms with Crippen molar-refractivity contribution in [2.45, 2.75) is 12.8 Å². The number of aliphatic imine (C=N–C) groups is 1. The topological polar surface area (TPSA) is 24.4 Å². The Balaban J connectivity index is 2.26. The van der Waals surface area contributed by atoms with Gasteiger partial charge < -0.3 is 5.32 Å². The Morgan fingerprint density at radius 2 is 2.29 bits per heavy atom. The first-order valence-electron chi connectivity index (χ1n) is 4.59. The molecule has 72 valence electrons. The lowest BCUT2D eigenvalue weighted by molar-refractivity contribution is 1.01. The van der Waals surface area contributed by atoms with Crippen molar-refractivity contribution >= 4 is 17.9 Å². The fraction of sp³-hybridized carbons (Fsp3) is 0.182. The first-order chi connectivity index (χ1) is 6.86. The van der Waals surface area contributed by atoms with Crippen LogP contribution in [0.15, 0.2) is 51.8 Å². The summed E-state index contributed by atoms with van der Waals surface area (Å²) in [5.41, 5.74) is 2.18. The summed E-state index contributed by atoms with van der Waals surface area (Å²) >= 11 is 5.91. The summed E-state index contributed by atoms with van der Waals surface area (Å²) in [7, 11) is 0. The molecule has 0 radical (unpaired) electrons. The van der Waals surface area contributed by atoms with Gasteiger partial charge in [-0.15, -0.1) is 0 Å². The number of allylic oxidation sites excluding steroid dienone is 5. The Morgan fingerprint density at radius 1 is 1.36 bits per heavy atom. The fourth-order valence-electron chi connectivity index (χ4n) is 1.41. The normalized spacial score (nSPS) is 20.5. The zero-order valence-electron chi connectivity index (χ0n) is 7.70. The van der Waals surface area contributed by atoms with Crippen LogP contribution < -0.4 is 5.32 Å². The van der Waals surface area contributed by atoms with E-state index >= 15 is 0 Å². The number of nitrogens with zero attached hydrogens (tertiary/aromatic N) is 1. The van der Waals surface area contributed by atoms with Gasteiger partial charge in [-0.05, 0) is 24.5 Å². The minimum Gasteiger partial charge on any atom is -0.346 e. The summed E-state index contributed by atoms with van der Waals surface area (Å²) in [4.78, 5) is 3.96. The summed E-state index contributed by atoms with van der Waals surface area (Å²) in [5.74, 6) is 0. The van der Waals surface area contributed by atoms with E-state index in [4.69, 9.17) is 11.6 Å². The number of hydrogen-bond donors (Lipinski definition) is 1. The van der Waals surface area contributed by atoms with Crippen LogP contribution in [0.4, 0.5) is 0 Å². The van der Waals surface area contributed by atoms with E-state index in [1.807, 2.05) is 6.08 Å². The van der Waals surface area contributed by atoms with Crippen molar-refractivity contribution in [3.05, 3.63) is 46.8 Å². The lowest BCUT2D eigenvalue weighted by Gasteiger charge is -2.10. The highest BCUT2D eigenvalue weighted by atomic mass is 35.5. The molecule has 0 unspecified atom stereocenters. The molecule has 1 heterocycles. The van der Waals surface area contributed by atoms with Crippen LogP contribution in [0.1, 0.15) is 12.8 Å². The molecule has 0 fully saturated rings.